The Morgan fingerprint density at radius 3 is 2.63 bits per heavy atom. The number of anilines is 1. The van der Waals surface area contributed by atoms with Gasteiger partial charge in [0.25, 0.3) is 5.91 Å². The largest absolute Gasteiger partial charge is 0.493 e. The summed E-state index contributed by atoms with van der Waals surface area (Å²) in [5, 5.41) is 0. The van der Waals surface area contributed by atoms with Crippen molar-refractivity contribution in [3.8, 4) is 11.5 Å². The molecular weight excluding hydrogens is 532 g/mol. The zero-order valence-corrected chi connectivity index (χ0v) is 24.1. The quantitative estimate of drug-likeness (QED) is 0.197. The zero-order valence-electron chi connectivity index (χ0n) is 24.1. The Hall–Kier alpha value is -3.31. The maximum absolute atomic E-state index is 14.0. The van der Waals surface area contributed by atoms with Gasteiger partial charge in [0.1, 0.15) is 6.61 Å². The third-order valence-corrected chi connectivity index (χ3v) is 7.63. The van der Waals surface area contributed by atoms with Crippen LogP contribution in [-0.4, -0.2) is 82.0 Å². The minimum absolute atomic E-state index is 0.00469. The van der Waals surface area contributed by atoms with E-state index in [4.69, 9.17) is 23.7 Å². The third-order valence-electron chi connectivity index (χ3n) is 7.63. The van der Waals surface area contributed by atoms with E-state index in [1.807, 2.05) is 0 Å². The lowest BCUT2D eigenvalue weighted by Gasteiger charge is -2.42. The van der Waals surface area contributed by atoms with E-state index < -0.39 is 18.6 Å². The van der Waals surface area contributed by atoms with Gasteiger partial charge >= 0.3 is 12.1 Å². The summed E-state index contributed by atoms with van der Waals surface area (Å²) in [5.74, 6) is 0.336. The number of hydrogen-bond donors (Lipinski definition) is 0. The predicted octanol–water partition coefficient (Wildman–Crippen LogP) is 4.81. The molecule has 3 heterocycles. The molecule has 2 unspecified atom stereocenters. The number of esters is 1. The molecule has 1 aromatic carbocycles. The van der Waals surface area contributed by atoms with Crippen molar-refractivity contribution in [3.05, 3.63) is 30.4 Å². The van der Waals surface area contributed by atoms with Gasteiger partial charge in [0, 0.05) is 25.6 Å². The molecule has 0 aliphatic carbocycles. The molecule has 0 N–H and O–H groups in total. The Kier molecular flexibility index (Phi) is 11.3. The number of fused-ring (bicyclic) bond motifs is 2. The monoisotopic (exact) mass is 574 g/mol. The second-order valence-electron chi connectivity index (χ2n) is 10.4. The normalized spacial score (nSPS) is 22.2. The SMILES string of the molecule is C=CCOC(=O)N1c2cc(OCCCCCC(=O)OC)c(OC)cc2C(=O)N2CCCC[C@H]2C1OC1CCCCO1. The number of rotatable bonds is 12. The highest BCUT2D eigenvalue weighted by atomic mass is 16.7. The van der Waals surface area contributed by atoms with Gasteiger partial charge in [0.2, 0.25) is 0 Å². The van der Waals surface area contributed by atoms with Crippen molar-refractivity contribution in [2.24, 2.45) is 0 Å². The maximum Gasteiger partial charge on any atom is 0.416 e. The van der Waals surface area contributed by atoms with Gasteiger partial charge in [0.05, 0.1) is 38.1 Å². The number of unbranched alkanes of at least 4 members (excludes halogenated alkanes) is 2. The van der Waals surface area contributed by atoms with Crippen LogP contribution in [0.25, 0.3) is 0 Å². The van der Waals surface area contributed by atoms with Crippen LogP contribution in [0.1, 0.15) is 74.6 Å². The highest BCUT2D eigenvalue weighted by Crippen LogP contribution is 2.42. The van der Waals surface area contributed by atoms with Gasteiger partial charge in [-0.3, -0.25) is 9.59 Å². The van der Waals surface area contributed by atoms with E-state index in [2.05, 4.69) is 11.3 Å². The van der Waals surface area contributed by atoms with Gasteiger partial charge in [-0.05, 0) is 63.9 Å². The van der Waals surface area contributed by atoms with Gasteiger partial charge in [-0.15, -0.1) is 0 Å². The van der Waals surface area contributed by atoms with Gasteiger partial charge in [-0.25, -0.2) is 9.69 Å². The molecule has 3 atom stereocenters. The number of amides is 2. The van der Waals surface area contributed by atoms with Gasteiger partial charge < -0.3 is 33.3 Å². The molecule has 0 saturated carbocycles. The van der Waals surface area contributed by atoms with Crippen molar-refractivity contribution >= 4 is 23.7 Å². The molecule has 2 fully saturated rings. The molecule has 0 spiro atoms. The molecule has 0 radical (unpaired) electrons. The number of hydrogen-bond acceptors (Lipinski definition) is 9. The van der Waals surface area contributed by atoms with Crippen LogP contribution < -0.4 is 14.4 Å². The van der Waals surface area contributed by atoms with Crippen LogP contribution >= 0.6 is 0 Å². The first-order valence-electron chi connectivity index (χ1n) is 14.5. The molecule has 3 aliphatic heterocycles. The molecule has 226 valence electrons. The smallest absolute Gasteiger partial charge is 0.416 e. The summed E-state index contributed by atoms with van der Waals surface area (Å²) in [4.78, 5) is 42.3. The molecule has 3 aliphatic rings. The van der Waals surface area contributed by atoms with E-state index in [1.165, 1.54) is 25.2 Å². The van der Waals surface area contributed by atoms with E-state index in [0.717, 1.165) is 32.1 Å². The minimum atomic E-state index is -0.819. The molecule has 2 saturated heterocycles. The molecular formula is C30H42N2O9. The number of ether oxygens (including phenoxy) is 6. The fourth-order valence-corrected chi connectivity index (χ4v) is 5.52. The van der Waals surface area contributed by atoms with Crippen molar-refractivity contribution in [1.29, 1.82) is 0 Å². The van der Waals surface area contributed by atoms with Crippen LogP contribution in [0.4, 0.5) is 10.5 Å². The van der Waals surface area contributed by atoms with Crippen molar-refractivity contribution in [1.82, 2.24) is 4.90 Å². The van der Waals surface area contributed by atoms with Gasteiger partial charge in [0.15, 0.2) is 24.0 Å². The first kappa shape index (κ1) is 30.6. The lowest BCUT2D eigenvalue weighted by molar-refractivity contribution is -0.198. The molecule has 11 heteroatoms. The number of carbonyl (C=O) groups excluding carboxylic acids is 3. The van der Waals surface area contributed by atoms with E-state index in [1.54, 1.807) is 17.0 Å². The summed E-state index contributed by atoms with van der Waals surface area (Å²) >= 11 is 0. The Morgan fingerprint density at radius 1 is 1.07 bits per heavy atom. The topological polar surface area (TPSA) is 113 Å². The summed E-state index contributed by atoms with van der Waals surface area (Å²) in [6.45, 7) is 5.16. The van der Waals surface area contributed by atoms with Crippen molar-refractivity contribution in [3.63, 3.8) is 0 Å². The highest BCUT2D eigenvalue weighted by molar-refractivity contribution is 6.06. The first-order valence-corrected chi connectivity index (χ1v) is 14.5. The van der Waals surface area contributed by atoms with Crippen molar-refractivity contribution in [2.75, 3.05) is 45.5 Å². The molecule has 0 aromatic heterocycles. The van der Waals surface area contributed by atoms with Crippen LogP contribution in [0, 0.1) is 0 Å². The van der Waals surface area contributed by atoms with Crippen LogP contribution in [0.3, 0.4) is 0 Å². The molecule has 1 aromatic rings. The number of nitrogens with zero attached hydrogens (tertiary/aromatic N) is 2. The molecule has 0 bridgehead atoms. The lowest BCUT2D eigenvalue weighted by Crippen LogP contribution is -2.57. The number of methoxy groups -OCH3 is 2. The summed E-state index contributed by atoms with van der Waals surface area (Å²) in [6, 6.07) is 2.91. The minimum Gasteiger partial charge on any atom is -0.493 e. The summed E-state index contributed by atoms with van der Waals surface area (Å²) in [6.07, 6.45) is 7.09. The maximum atomic E-state index is 14.0. The Labute approximate surface area is 241 Å². The van der Waals surface area contributed by atoms with Crippen LogP contribution in [0.5, 0.6) is 11.5 Å². The highest BCUT2D eigenvalue weighted by Gasteiger charge is 2.46. The number of benzene rings is 1. The van der Waals surface area contributed by atoms with Gasteiger partial charge in [-0.2, -0.15) is 0 Å². The summed E-state index contributed by atoms with van der Waals surface area (Å²) in [5.41, 5.74) is 0.645. The second kappa shape index (κ2) is 15.1. The molecule has 41 heavy (non-hydrogen) atoms. The standard InChI is InChI=1S/C30H42N2O9/c1-4-16-40-30(35)32-23-20-25(38-17-10-5-6-13-26(33)37-3)24(36-2)19-21(23)28(34)31-15-9-7-12-22(31)29(32)41-27-14-8-11-18-39-27/h4,19-20,22,27,29H,1,5-18H2,2-3H3/t22-,27?,29?/m0/s1. The van der Waals surface area contributed by atoms with E-state index in [-0.39, 0.29) is 24.5 Å². The predicted molar refractivity (Wildman–Crippen MR) is 150 cm³/mol. The summed E-state index contributed by atoms with van der Waals surface area (Å²) in [7, 11) is 2.89. The summed E-state index contributed by atoms with van der Waals surface area (Å²) < 4.78 is 34.4. The van der Waals surface area contributed by atoms with E-state index >= 15 is 0 Å². The number of carbonyl (C=O) groups is 3. The number of piperidine rings is 1. The van der Waals surface area contributed by atoms with Crippen molar-refractivity contribution in [2.45, 2.75) is 82.8 Å². The lowest BCUT2D eigenvalue weighted by atomic mass is 10.00. The molecule has 4 rings (SSSR count). The average molecular weight is 575 g/mol. The zero-order chi connectivity index (χ0) is 29.2. The Balaban J connectivity index is 1.68. The Bertz CT molecular complexity index is 1070. The average Bonchev–Trinajstić information content (AvgIpc) is 3.10. The second-order valence-corrected chi connectivity index (χ2v) is 10.4. The van der Waals surface area contributed by atoms with E-state index in [0.29, 0.717) is 74.6 Å². The van der Waals surface area contributed by atoms with Gasteiger partial charge in [-0.1, -0.05) is 12.7 Å². The Morgan fingerprint density at radius 2 is 1.90 bits per heavy atom. The van der Waals surface area contributed by atoms with Crippen LogP contribution in [-0.2, 0) is 23.7 Å². The van der Waals surface area contributed by atoms with Crippen LogP contribution in [0.15, 0.2) is 24.8 Å². The van der Waals surface area contributed by atoms with Crippen molar-refractivity contribution < 1.29 is 42.8 Å². The molecule has 11 nitrogen and oxygen atoms in total. The van der Waals surface area contributed by atoms with Crippen LogP contribution in [0.2, 0.25) is 0 Å². The molecule has 2 amide bonds. The third kappa shape index (κ3) is 7.51. The first-order chi connectivity index (χ1) is 20.0. The fraction of sp³-hybridized carbons (Fsp3) is 0.633. The van der Waals surface area contributed by atoms with E-state index in [9.17, 15) is 14.4 Å². The fourth-order valence-electron chi connectivity index (χ4n) is 5.52.